The molecule has 2 aliphatic rings. The van der Waals surface area contributed by atoms with Crippen LogP contribution in [0.15, 0.2) is 24.3 Å². The number of morpholine rings is 1. The van der Waals surface area contributed by atoms with Crippen molar-refractivity contribution in [3.63, 3.8) is 0 Å². The minimum atomic E-state index is 0.0436. The second-order valence-electron chi connectivity index (χ2n) is 7.65. The summed E-state index contributed by atoms with van der Waals surface area (Å²) in [5, 5.41) is 2.99. The number of rotatable bonds is 6. The molecule has 2 amide bonds. The Balaban J connectivity index is 1.38. The Morgan fingerprint density at radius 1 is 1.11 bits per heavy atom. The van der Waals surface area contributed by atoms with E-state index in [1.165, 1.54) is 5.69 Å². The normalized spacial score (nSPS) is 18.7. The first-order valence-corrected chi connectivity index (χ1v) is 10.2. The van der Waals surface area contributed by atoms with Gasteiger partial charge in [0.1, 0.15) is 0 Å². The molecule has 0 bridgehead atoms. The van der Waals surface area contributed by atoms with Crippen LogP contribution in [-0.4, -0.2) is 80.6 Å². The molecular weight excluding hydrogens is 356 g/mol. The van der Waals surface area contributed by atoms with Crippen LogP contribution in [0.3, 0.4) is 0 Å². The van der Waals surface area contributed by atoms with E-state index in [-0.39, 0.29) is 11.8 Å². The van der Waals surface area contributed by atoms with Gasteiger partial charge < -0.3 is 24.8 Å². The van der Waals surface area contributed by atoms with Crippen molar-refractivity contribution in [2.75, 3.05) is 63.2 Å². The Morgan fingerprint density at radius 3 is 2.36 bits per heavy atom. The van der Waals surface area contributed by atoms with Gasteiger partial charge in [0.15, 0.2) is 0 Å². The van der Waals surface area contributed by atoms with E-state index in [9.17, 15) is 9.59 Å². The lowest BCUT2D eigenvalue weighted by atomic mass is 10.0. The summed E-state index contributed by atoms with van der Waals surface area (Å²) < 4.78 is 5.38. The van der Waals surface area contributed by atoms with E-state index in [4.69, 9.17) is 4.74 Å². The van der Waals surface area contributed by atoms with Crippen LogP contribution >= 0.6 is 0 Å². The number of carbonyl (C=O) groups excluding carboxylic acids is 2. The first-order valence-electron chi connectivity index (χ1n) is 10.2. The van der Waals surface area contributed by atoms with E-state index in [1.807, 2.05) is 24.1 Å². The Morgan fingerprint density at radius 2 is 1.75 bits per heavy atom. The summed E-state index contributed by atoms with van der Waals surface area (Å²) >= 11 is 0. The number of hydrogen-bond acceptors (Lipinski definition) is 5. The van der Waals surface area contributed by atoms with Gasteiger partial charge in [-0.3, -0.25) is 9.59 Å². The van der Waals surface area contributed by atoms with E-state index in [0.29, 0.717) is 12.5 Å². The number of carbonyl (C=O) groups is 2. The van der Waals surface area contributed by atoms with Crippen LogP contribution in [0.1, 0.15) is 26.2 Å². The molecule has 2 fully saturated rings. The van der Waals surface area contributed by atoms with Crippen molar-refractivity contribution in [1.82, 2.24) is 9.80 Å². The molecule has 0 radical (unpaired) electrons. The average Bonchev–Trinajstić information content (AvgIpc) is 2.73. The lowest BCUT2D eigenvalue weighted by molar-refractivity contribution is -0.130. The van der Waals surface area contributed by atoms with Crippen molar-refractivity contribution < 1.29 is 14.3 Å². The molecule has 1 aromatic carbocycles. The summed E-state index contributed by atoms with van der Waals surface area (Å²) in [5.74, 6) is 0.166. The Labute approximate surface area is 167 Å². The van der Waals surface area contributed by atoms with Crippen LogP contribution in [0.25, 0.3) is 0 Å². The van der Waals surface area contributed by atoms with Crippen molar-refractivity contribution in [2.45, 2.75) is 32.2 Å². The molecule has 0 unspecified atom stereocenters. The van der Waals surface area contributed by atoms with E-state index in [1.54, 1.807) is 6.92 Å². The minimum Gasteiger partial charge on any atom is -0.378 e. The van der Waals surface area contributed by atoms with Gasteiger partial charge in [0.25, 0.3) is 0 Å². The number of anilines is 2. The van der Waals surface area contributed by atoms with Gasteiger partial charge in [-0.25, -0.2) is 0 Å². The molecule has 2 aliphatic heterocycles. The van der Waals surface area contributed by atoms with Crippen LogP contribution in [-0.2, 0) is 14.3 Å². The highest BCUT2D eigenvalue weighted by atomic mass is 16.5. The van der Waals surface area contributed by atoms with Gasteiger partial charge in [0, 0.05) is 70.5 Å². The number of hydrogen-bond donors (Lipinski definition) is 1. The first-order chi connectivity index (χ1) is 13.5. The van der Waals surface area contributed by atoms with Crippen molar-refractivity contribution in [2.24, 2.45) is 0 Å². The van der Waals surface area contributed by atoms with E-state index < -0.39 is 0 Å². The molecule has 28 heavy (non-hydrogen) atoms. The van der Waals surface area contributed by atoms with Gasteiger partial charge in [0.05, 0.1) is 13.2 Å². The number of ether oxygens (including phenoxy) is 1. The molecular formula is C21H32N4O3. The lowest BCUT2D eigenvalue weighted by Crippen LogP contribution is -2.45. The lowest BCUT2D eigenvalue weighted by Gasteiger charge is -2.36. The van der Waals surface area contributed by atoms with Crippen LogP contribution in [0.4, 0.5) is 11.4 Å². The molecule has 0 aromatic heterocycles. The van der Waals surface area contributed by atoms with Crippen molar-refractivity contribution in [3.8, 4) is 0 Å². The summed E-state index contributed by atoms with van der Waals surface area (Å²) in [6.07, 6.45) is 2.43. The third kappa shape index (κ3) is 5.69. The molecule has 0 aliphatic carbocycles. The van der Waals surface area contributed by atoms with E-state index >= 15 is 0 Å². The summed E-state index contributed by atoms with van der Waals surface area (Å²) in [6.45, 7) is 7.59. The highest BCUT2D eigenvalue weighted by Gasteiger charge is 2.23. The molecule has 7 nitrogen and oxygen atoms in total. The molecule has 1 aromatic rings. The van der Waals surface area contributed by atoms with Crippen LogP contribution in [0, 0.1) is 0 Å². The third-order valence-corrected chi connectivity index (χ3v) is 5.78. The molecule has 154 valence electrons. The fourth-order valence-corrected chi connectivity index (χ4v) is 3.85. The van der Waals surface area contributed by atoms with Gasteiger partial charge >= 0.3 is 0 Å². The van der Waals surface area contributed by atoms with Crippen molar-refractivity contribution in [1.29, 1.82) is 0 Å². The van der Waals surface area contributed by atoms with Crippen LogP contribution in [0.5, 0.6) is 0 Å². The van der Waals surface area contributed by atoms with E-state index in [2.05, 4.69) is 27.2 Å². The monoisotopic (exact) mass is 388 g/mol. The standard InChI is InChI=1S/C21H32N4O3/c1-17(26)23(2)19-7-10-24(11-8-19)12-9-21(27)22-18-3-5-20(6-4-18)25-13-15-28-16-14-25/h3-6,19H,7-16H2,1-2H3,(H,22,27). The van der Waals surface area contributed by atoms with Gasteiger partial charge in [-0.2, -0.15) is 0 Å². The summed E-state index contributed by atoms with van der Waals surface area (Å²) in [5.41, 5.74) is 2.00. The van der Waals surface area contributed by atoms with Gasteiger partial charge in [-0.05, 0) is 37.1 Å². The van der Waals surface area contributed by atoms with Crippen LogP contribution < -0.4 is 10.2 Å². The number of nitrogens with one attached hydrogen (secondary N) is 1. The van der Waals surface area contributed by atoms with Crippen LogP contribution in [0.2, 0.25) is 0 Å². The molecule has 3 rings (SSSR count). The molecule has 2 heterocycles. The second-order valence-corrected chi connectivity index (χ2v) is 7.65. The number of benzene rings is 1. The largest absolute Gasteiger partial charge is 0.378 e. The molecule has 7 heteroatoms. The van der Waals surface area contributed by atoms with E-state index in [0.717, 1.165) is 64.5 Å². The number of amides is 2. The number of piperidine rings is 1. The number of nitrogens with zero attached hydrogens (tertiary/aromatic N) is 3. The average molecular weight is 389 g/mol. The SMILES string of the molecule is CC(=O)N(C)C1CCN(CCC(=O)Nc2ccc(N3CCOCC3)cc2)CC1. The molecule has 0 spiro atoms. The third-order valence-electron chi connectivity index (χ3n) is 5.78. The van der Waals surface area contributed by atoms with Crippen molar-refractivity contribution >= 4 is 23.2 Å². The first kappa shape index (κ1) is 20.6. The summed E-state index contributed by atoms with van der Waals surface area (Å²) in [4.78, 5) is 30.2. The second kappa shape index (κ2) is 9.89. The molecule has 0 saturated carbocycles. The zero-order valence-corrected chi connectivity index (χ0v) is 17.0. The molecule has 1 N–H and O–H groups in total. The minimum absolute atomic E-state index is 0.0436. The predicted molar refractivity (Wildman–Crippen MR) is 111 cm³/mol. The number of likely N-dealkylation sites (tertiary alicyclic amines) is 1. The highest BCUT2D eigenvalue weighted by molar-refractivity contribution is 5.91. The summed E-state index contributed by atoms with van der Waals surface area (Å²) in [6, 6.07) is 8.36. The quantitative estimate of drug-likeness (QED) is 0.805. The topological polar surface area (TPSA) is 65.1 Å². The summed E-state index contributed by atoms with van der Waals surface area (Å²) in [7, 11) is 1.88. The van der Waals surface area contributed by atoms with Gasteiger partial charge in [-0.15, -0.1) is 0 Å². The van der Waals surface area contributed by atoms with Gasteiger partial charge in [-0.1, -0.05) is 0 Å². The molecule has 0 atom stereocenters. The maximum Gasteiger partial charge on any atom is 0.225 e. The zero-order chi connectivity index (χ0) is 19.9. The highest BCUT2D eigenvalue weighted by Crippen LogP contribution is 2.19. The fourth-order valence-electron chi connectivity index (χ4n) is 3.85. The van der Waals surface area contributed by atoms with Crippen molar-refractivity contribution in [3.05, 3.63) is 24.3 Å². The Hall–Kier alpha value is -2.12. The smallest absolute Gasteiger partial charge is 0.225 e. The predicted octanol–water partition coefficient (Wildman–Crippen LogP) is 1.79. The maximum atomic E-state index is 12.3. The Kier molecular flexibility index (Phi) is 7.28. The fraction of sp³-hybridized carbons (Fsp3) is 0.619. The van der Waals surface area contributed by atoms with Gasteiger partial charge in [0.2, 0.25) is 11.8 Å². The zero-order valence-electron chi connectivity index (χ0n) is 17.0. The Bertz CT molecular complexity index is 650. The molecule has 2 saturated heterocycles. The maximum absolute atomic E-state index is 12.3.